The molecule has 1 heterocycles. The van der Waals surface area contributed by atoms with Crippen LogP contribution >= 0.6 is 15.9 Å². The van der Waals surface area contributed by atoms with E-state index in [0.29, 0.717) is 0 Å². The number of fused-ring (bicyclic) bond motifs is 1. The number of likely N-dealkylation sites (tertiary alicyclic amines) is 1. The molecule has 0 amide bonds. The van der Waals surface area contributed by atoms with Crippen molar-refractivity contribution in [3.63, 3.8) is 0 Å². The molecule has 1 aromatic rings. The number of benzene rings is 1. The van der Waals surface area contributed by atoms with Gasteiger partial charge in [-0.3, -0.25) is 4.90 Å². The zero-order valence-electron chi connectivity index (χ0n) is 10.7. The van der Waals surface area contributed by atoms with E-state index in [0.717, 1.165) is 18.5 Å². The van der Waals surface area contributed by atoms with Crippen molar-refractivity contribution < 1.29 is 0 Å². The molecule has 0 aromatic heterocycles. The maximum Gasteiger partial charge on any atom is 0.0178 e. The van der Waals surface area contributed by atoms with Crippen LogP contribution in [0.1, 0.15) is 24.0 Å². The van der Waals surface area contributed by atoms with Gasteiger partial charge in [0.15, 0.2) is 0 Å². The summed E-state index contributed by atoms with van der Waals surface area (Å²) >= 11 is 3.56. The van der Waals surface area contributed by atoms with Crippen LogP contribution in [0.4, 0.5) is 0 Å². The first kappa shape index (κ1) is 12.6. The average molecular weight is 309 g/mol. The first-order chi connectivity index (χ1) is 8.76. The molecule has 0 bridgehead atoms. The van der Waals surface area contributed by atoms with Crippen LogP contribution in [0.25, 0.3) is 0 Å². The van der Waals surface area contributed by atoms with Crippen LogP contribution in [-0.4, -0.2) is 30.6 Å². The Kier molecular flexibility index (Phi) is 3.73. The number of nitrogens with two attached hydrogens (primary N) is 1. The molecule has 0 spiro atoms. The van der Waals surface area contributed by atoms with Gasteiger partial charge in [-0.05, 0) is 68.0 Å². The third kappa shape index (κ3) is 2.49. The third-order valence-electron chi connectivity index (χ3n) is 4.54. The van der Waals surface area contributed by atoms with Gasteiger partial charge in [0.2, 0.25) is 0 Å². The van der Waals surface area contributed by atoms with E-state index in [1.807, 2.05) is 0 Å². The molecule has 3 heteroatoms. The molecule has 3 rings (SSSR count). The molecule has 2 nitrogen and oxygen atoms in total. The Morgan fingerprint density at radius 1 is 1.28 bits per heavy atom. The third-order valence-corrected chi connectivity index (χ3v) is 5.03. The Balaban J connectivity index is 1.70. The molecule has 0 radical (unpaired) electrons. The van der Waals surface area contributed by atoms with Crippen molar-refractivity contribution in [1.82, 2.24) is 4.90 Å². The summed E-state index contributed by atoms with van der Waals surface area (Å²) in [5, 5.41) is 0. The summed E-state index contributed by atoms with van der Waals surface area (Å²) in [5.74, 6) is 0.733. The minimum absolute atomic E-state index is 0.733. The van der Waals surface area contributed by atoms with Crippen LogP contribution in [-0.2, 0) is 12.8 Å². The van der Waals surface area contributed by atoms with Crippen LogP contribution in [0.15, 0.2) is 22.7 Å². The highest BCUT2D eigenvalue weighted by Gasteiger charge is 2.29. The molecule has 2 atom stereocenters. The molecule has 1 aromatic carbocycles. The Labute approximate surface area is 118 Å². The number of aryl methyl sites for hydroxylation is 1. The van der Waals surface area contributed by atoms with Gasteiger partial charge in [0, 0.05) is 17.1 Å². The number of rotatable bonds is 2. The minimum Gasteiger partial charge on any atom is -0.330 e. The lowest BCUT2D eigenvalue weighted by Gasteiger charge is -2.32. The smallest absolute Gasteiger partial charge is 0.0178 e. The van der Waals surface area contributed by atoms with Crippen molar-refractivity contribution >= 4 is 15.9 Å². The summed E-state index contributed by atoms with van der Waals surface area (Å²) in [5.41, 5.74) is 8.87. The van der Waals surface area contributed by atoms with Crippen molar-refractivity contribution in [3.8, 4) is 0 Å². The Bertz CT molecular complexity index is 433. The number of halogens is 1. The topological polar surface area (TPSA) is 29.3 Å². The monoisotopic (exact) mass is 308 g/mol. The molecule has 2 unspecified atom stereocenters. The second-order valence-corrected chi connectivity index (χ2v) is 6.61. The van der Waals surface area contributed by atoms with E-state index in [1.54, 1.807) is 5.56 Å². The summed E-state index contributed by atoms with van der Waals surface area (Å²) in [6.07, 6.45) is 5.05. The molecule has 98 valence electrons. The fourth-order valence-electron chi connectivity index (χ4n) is 3.40. The molecule has 1 aliphatic carbocycles. The lowest BCUT2D eigenvalue weighted by atomic mass is 9.87. The molecule has 2 aliphatic rings. The molecule has 1 saturated heterocycles. The molecule has 1 fully saturated rings. The van der Waals surface area contributed by atoms with Crippen molar-refractivity contribution in [1.29, 1.82) is 0 Å². The van der Waals surface area contributed by atoms with Crippen LogP contribution in [0.5, 0.6) is 0 Å². The van der Waals surface area contributed by atoms with Crippen molar-refractivity contribution in [2.45, 2.75) is 31.7 Å². The summed E-state index contributed by atoms with van der Waals surface area (Å²) in [6.45, 7) is 3.32. The lowest BCUT2D eigenvalue weighted by molar-refractivity contribution is 0.215. The summed E-state index contributed by atoms with van der Waals surface area (Å²) < 4.78 is 1.21. The van der Waals surface area contributed by atoms with E-state index in [4.69, 9.17) is 5.73 Å². The van der Waals surface area contributed by atoms with Crippen LogP contribution in [0, 0.1) is 5.92 Å². The van der Waals surface area contributed by atoms with Gasteiger partial charge in [-0.15, -0.1) is 0 Å². The highest BCUT2D eigenvalue weighted by atomic mass is 79.9. The fourth-order valence-corrected chi connectivity index (χ4v) is 3.81. The minimum atomic E-state index is 0.733. The SMILES string of the molecule is NCC1CCN(C2CCc3cc(Br)ccc3C2)C1. The van der Waals surface area contributed by atoms with E-state index in [2.05, 4.69) is 39.0 Å². The van der Waals surface area contributed by atoms with Gasteiger partial charge in [0.05, 0.1) is 0 Å². The molecule has 2 N–H and O–H groups in total. The molecule has 0 saturated carbocycles. The normalized spacial score (nSPS) is 28.3. The van der Waals surface area contributed by atoms with Gasteiger partial charge in [0.1, 0.15) is 0 Å². The van der Waals surface area contributed by atoms with Crippen LogP contribution in [0.3, 0.4) is 0 Å². The Hall–Kier alpha value is -0.380. The second kappa shape index (κ2) is 5.32. The average Bonchev–Trinajstić information content (AvgIpc) is 2.87. The van der Waals surface area contributed by atoms with E-state index >= 15 is 0 Å². The summed E-state index contributed by atoms with van der Waals surface area (Å²) in [7, 11) is 0. The van der Waals surface area contributed by atoms with Gasteiger partial charge in [-0.1, -0.05) is 22.0 Å². The van der Waals surface area contributed by atoms with Gasteiger partial charge in [-0.25, -0.2) is 0 Å². The zero-order valence-corrected chi connectivity index (χ0v) is 12.3. The van der Waals surface area contributed by atoms with E-state index in [9.17, 15) is 0 Å². The summed E-state index contributed by atoms with van der Waals surface area (Å²) in [6, 6.07) is 7.50. The quantitative estimate of drug-likeness (QED) is 0.910. The number of hydrogen-bond acceptors (Lipinski definition) is 2. The first-order valence-electron chi connectivity index (χ1n) is 6.97. The highest BCUT2D eigenvalue weighted by molar-refractivity contribution is 9.10. The Morgan fingerprint density at radius 2 is 2.17 bits per heavy atom. The zero-order chi connectivity index (χ0) is 12.5. The van der Waals surface area contributed by atoms with Gasteiger partial charge in [0.25, 0.3) is 0 Å². The van der Waals surface area contributed by atoms with E-state index in [1.165, 1.54) is 48.8 Å². The van der Waals surface area contributed by atoms with E-state index < -0.39 is 0 Å². The van der Waals surface area contributed by atoms with Gasteiger partial charge in [-0.2, -0.15) is 0 Å². The molecular formula is C15H21BrN2. The maximum absolute atomic E-state index is 5.79. The second-order valence-electron chi connectivity index (χ2n) is 5.69. The standard InChI is InChI=1S/C15H21BrN2/c16-14-3-1-13-8-15(4-2-12(13)7-14)18-6-5-11(9-17)10-18/h1,3,7,11,15H,2,4-6,8-10,17H2. The van der Waals surface area contributed by atoms with Crippen LogP contribution < -0.4 is 5.73 Å². The van der Waals surface area contributed by atoms with Crippen molar-refractivity contribution in [3.05, 3.63) is 33.8 Å². The van der Waals surface area contributed by atoms with Gasteiger partial charge < -0.3 is 5.73 Å². The summed E-state index contributed by atoms with van der Waals surface area (Å²) in [4.78, 5) is 2.67. The largest absolute Gasteiger partial charge is 0.330 e. The fraction of sp³-hybridized carbons (Fsp3) is 0.600. The van der Waals surface area contributed by atoms with Crippen molar-refractivity contribution in [2.75, 3.05) is 19.6 Å². The Morgan fingerprint density at radius 3 is 2.94 bits per heavy atom. The number of nitrogens with zero attached hydrogens (tertiary/aromatic N) is 1. The predicted octanol–water partition coefficient (Wildman–Crippen LogP) is 2.59. The van der Waals surface area contributed by atoms with E-state index in [-0.39, 0.29) is 0 Å². The molecule has 1 aliphatic heterocycles. The highest BCUT2D eigenvalue weighted by Crippen LogP contribution is 2.29. The molecular weight excluding hydrogens is 288 g/mol. The predicted molar refractivity (Wildman–Crippen MR) is 78.7 cm³/mol. The van der Waals surface area contributed by atoms with Gasteiger partial charge >= 0.3 is 0 Å². The first-order valence-corrected chi connectivity index (χ1v) is 7.77. The van der Waals surface area contributed by atoms with Crippen LogP contribution in [0.2, 0.25) is 0 Å². The van der Waals surface area contributed by atoms with Crippen molar-refractivity contribution in [2.24, 2.45) is 11.7 Å². The maximum atomic E-state index is 5.79. The lowest BCUT2D eigenvalue weighted by Crippen LogP contribution is -2.38. The number of hydrogen-bond donors (Lipinski definition) is 1. The molecule has 18 heavy (non-hydrogen) atoms.